The highest BCUT2D eigenvalue weighted by Crippen LogP contribution is 2.22. The van der Waals surface area contributed by atoms with Crippen molar-refractivity contribution in [2.45, 2.75) is 26.2 Å². The predicted octanol–water partition coefficient (Wildman–Crippen LogP) is 5.34. The van der Waals surface area contributed by atoms with Gasteiger partial charge >= 0.3 is 5.97 Å². The Kier molecular flexibility index (Phi) is 6.32. The van der Waals surface area contributed by atoms with Gasteiger partial charge in [-0.15, -0.1) is 0 Å². The van der Waals surface area contributed by atoms with E-state index in [0.717, 1.165) is 22.9 Å². The third-order valence-electron chi connectivity index (χ3n) is 4.97. The first-order chi connectivity index (χ1) is 15.5. The monoisotopic (exact) mass is 493 g/mol. The van der Waals surface area contributed by atoms with Crippen molar-refractivity contribution in [1.82, 2.24) is 9.66 Å². The molecule has 0 radical (unpaired) electrons. The van der Waals surface area contributed by atoms with E-state index in [0.29, 0.717) is 34.7 Å². The van der Waals surface area contributed by atoms with E-state index in [9.17, 15) is 9.59 Å². The SMILES string of the molecule is CCCCc1nc2ccc(Br)cc2c(=O)n1N=Cc1ccc(-c2ccc(C(=O)O)cc2)o1. The molecule has 0 spiro atoms. The van der Waals surface area contributed by atoms with E-state index in [1.165, 1.54) is 23.0 Å². The Morgan fingerprint density at radius 3 is 2.69 bits per heavy atom. The zero-order valence-electron chi connectivity index (χ0n) is 17.3. The smallest absolute Gasteiger partial charge is 0.335 e. The van der Waals surface area contributed by atoms with E-state index in [1.807, 2.05) is 12.1 Å². The molecule has 1 N–H and O–H groups in total. The number of rotatable bonds is 7. The number of nitrogens with zero attached hydrogens (tertiary/aromatic N) is 3. The lowest BCUT2D eigenvalue weighted by molar-refractivity contribution is 0.0697. The van der Waals surface area contributed by atoms with Gasteiger partial charge in [-0.3, -0.25) is 4.79 Å². The van der Waals surface area contributed by atoms with E-state index >= 15 is 0 Å². The number of hydrogen-bond acceptors (Lipinski definition) is 5. The van der Waals surface area contributed by atoms with Crippen LogP contribution in [0.3, 0.4) is 0 Å². The number of unbranched alkanes of at least 4 members (excludes halogenated alkanes) is 1. The molecule has 162 valence electrons. The Morgan fingerprint density at radius 2 is 1.97 bits per heavy atom. The van der Waals surface area contributed by atoms with Crippen LogP contribution in [-0.4, -0.2) is 27.0 Å². The molecule has 0 saturated heterocycles. The van der Waals surface area contributed by atoms with Crippen molar-refractivity contribution in [2.24, 2.45) is 5.10 Å². The number of benzene rings is 2. The van der Waals surface area contributed by atoms with Gasteiger partial charge in [-0.1, -0.05) is 41.4 Å². The maximum Gasteiger partial charge on any atom is 0.335 e. The first-order valence-electron chi connectivity index (χ1n) is 10.2. The molecule has 2 heterocycles. The van der Waals surface area contributed by atoms with Crippen molar-refractivity contribution in [1.29, 1.82) is 0 Å². The molecule has 0 amide bonds. The fraction of sp³-hybridized carbons (Fsp3) is 0.167. The Balaban J connectivity index is 1.68. The summed E-state index contributed by atoms with van der Waals surface area (Å²) < 4.78 is 7.94. The molecule has 0 fully saturated rings. The van der Waals surface area contributed by atoms with Crippen molar-refractivity contribution in [3.05, 3.63) is 86.6 Å². The summed E-state index contributed by atoms with van der Waals surface area (Å²) in [5.41, 5.74) is 1.35. The number of halogens is 1. The van der Waals surface area contributed by atoms with Crippen LogP contribution in [0.15, 0.2) is 73.4 Å². The molecule has 4 aromatic rings. The minimum Gasteiger partial charge on any atom is -0.478 e. The van der Waals surface area contributed by atoms with Crippen molar-refractivity contribution < 1.29 is 14.3 Å². The fourth-order valence-electron chi connectivity index (χ4n) is 3.28. The zero-order valence-corrected chi connectivity index (χ0v) is 18.9. The van der Waals surface area contributed by atoms with Gasteiger partial charge in [-0.25, -0.2) is 9.78 Å². The molecule has 2 aromatic heterocycles. The van der Waals surface area contributed by atoms with E-state index in [2.05, 4.69) is 32.9 Å². The van der Waals surface area contributed by atoms with Crippen LogP contribution >= 0.6 is 15.9 Å². The quantitative estimate of drug-likeness (QED) is 0.350. The third-order valence-corrected chi connectivity index (χ3v) is 5.47. The van der Waals surface area contributed by atoms with Crippen molar-refractivity contribution >= 4 is 39.0 Å². The van der Waals surface area contributed by atoms with E-state index < -0.39 is 5.97 Å². The molecule has 8 heteroatoms. The summed E-state index contributed by atoms with van der Waals surface area (Å²) in [4.78, 5) is 28.8. The summed E-state index contributed by atoms with van der Waals surface area (Å²) >= 11 is 3.40. The highest BCUT2D eigenvalue weighted by molar-refractivity contribution is 9.10. The average Bonchev–Trinajstić information content (AvgIpc) is 3.26. The van der Waals surface area contributed by atoms with Crippen LogP contribution in [0, 0.1) is 0 Å². The number of carbonyl (C=O) groups is 1. The van der Waals surface area contributed by atoms with E-state index in [-0.39, 0.29) is 11.1 Å². The Bertz CT molecular complexity index is 1370. The van der Waals surface area contributed by atoms with Gasteiger partial charge in [0.25, 0.3) is 5.56 Å². The first-order valence-corrected chi connectivity index (χ1v) is 10.9. The number of carboxylic acid groups (broad SMARTS) is 1. The molecule has 0 saturated carbocycles. The topological polar surface area (TPSA) is 97.7 Å². The summed E-state index contributed by atoms with van der Waals surface area (Å²) in [6.45, 7) is 2.08. The largest absolute Gasteiger partial charge is 0.478 e. The lowest BCUT2D eigenvalue weighted by Crippen LogP contribution is -2.22. The van der Waals surface area contributed by atoms with E-state index in [1.54, 1.807) is 30.3 Å². The summed E-state index contributed by atoms with van der Waals surface area (Å²) in [5.74, 6) is 0.649. The van der Waals surface area contributed by atoms with Gasteiger partial charge in [-0.05, 0) is 48.9 Å². The van der Waals surface area contributed by atoms with Gasteiger partial charge in [0.15, 0.2) is 0 Å². The third kappa shape index (κ3) is 4.55. The number of aryl methyl sites for hydroxylation is 1. The summed E-state index contributed by atoms with van der Waals surface area (Å²) in [5, 5.41) is 13.9. The second kappa shape index (κ2) is 9.32. The number of furan rings is 1. The maximum absolute atomic E-state index is 13.1. The summed E-state index contributed by atoms with van der Waals surface area (Å²) in [7, 11) is 0. The molecule has 0 aliphatic rings. The van der Waals surface area contributed by atoms with E-state index in [4.69, 9.17) is 9.52 Å². The van der Waals surface area contributed by atoms with Gasteiger partial charge in [0, 0.05) is 16.5 Å². The second-order valence-corrected chi connectivity index (χ2v) is 8.15. The van der Waals surface area contributed by atoms with Crippen molar-refractivity contribution in [3.8, 4) is 11.3 Å². The lowest BCUT2D eigenvalue weighted by atomic mass is 10.1. The fourth-order valence-corrected chi connectivity index (χ4v) is 3.64. The van der Waals surface area contributed by atoms with Crippen molar-refractivity contribution in [3.63, 3.8) is 0 Å². The van der Waals surface area contributed by atoms with Crippen LogP contribution in [0.2, 0.25) is 0 Å². The van der Waals surface area contributed by atoms with Gasteiger partial charge in [0.2, 0.25) is 0 Å². The molecule has 0 unspecified atom stereocenters. The minimum atomic E-state index is -0.982. The van der Waals surface area contributed by atoms with Crippen molar-refractivity contribution in [2.75, 3.05) is 0 Å². The predicted molar refractivity (Wildman–Crippen MR) is 126 cm³/mol. The van der Waals surface area contributed by atoms with Crippen LogP contribution in [-0.2, 0) is 6.42 Å². The van der Waals surface area contributed by atoms with Crippen LogP contribution in [0.4, 0.5) is 0 Å². The number of aromatic carboxylic acids is 1. The van der Waals surface area contributed by atoms with Crippen LogP contribution in [0.25, 0.3) is 22.2 Å². The molecule has 0 aliphatic heterocycles. The number of fused-ring (bicyclic) bond motifs is 1. The Morgan fingerprint density at radius 1 is 1.19 bits per heavy atom. The van der Waals surface area contributed by atoms with Gasteiger partial charge in [-0.2, -0.15) is 9.78 Å². The molecule has 2 aromatic carbocycles. The Hall–Kier alpha value is -3.52. The minimum absolute atomic E-state index is 0.205. The second-order valence-electron chi connectivity index (χ2n) is 7.24. The van der Waals surface area contributed by atoms with Gasteiger partial charge in [0.1, 0.15) is 17.3 Å². The number of carboxylic acids is 1. The van der Waals surface area contributed by atoms with Gasteiger partial charge < -0.3 is 9.52 Å². The number of hydrogen-bond donors (Lipinski definition) is 1. The summed E-state index contributed by atoms with van der Waals surface area (Å²) in [6.07, 6.45) is 3.98. The molecule has 4 rings (SSSR count). The zero-order chi connectivity index (χ0) is 22.7. The molecule has 7 nitrogen and oxygen atoms in total. The molecule has 0 bridgehead atoms. The summed E-state index contributed by atoms with van der Waals surface area (Å²) in [6, 6.07) is 15.3. The standard InChI is InChI=1S/C24H20BrN3O4/c1-2-3-4-22-27-20-11-9-17(25)13-19(20)23(29)28(22)26-14-18-10-12-21(32-18)15-5-7-16(8-6-15)24(30)31/h5-14H,2-4H2,1H3,(H,30,31). The molecule has 32 heavy (non-hydrogen) atoms. The lowest BCUT2D eigenvalue weighted by Gasteiger charge is -2.08. The highest BCUT2D eigenvalue weighted by atomic mass is 79.9. The molecular weight excluding hydrogens is 474 g/mol. The normalized spacial score (nSPS) is 11.4. The molecule has 0 aliphatic carbocycles. The number of aromatic nitrogens is 2. The first kappa shape index (κ1) is 21.7. The molecule has 0 atom stereocenters. The van der Waals surface area contributed by atoms with Gasteiger partial charge in [0.05, 0.1) is 22.7 Å². The van der Waals surface area contributed by atoms with Crippen LogP contribution < -0.4 is 5.56 Å². The van der Waals surface area contributed by atoms with Crippen LogP contribution in [0.1, 0.15) is 41.7 Å². The Labute approximate surface area is 192 Å². The maximum atomic E-state index is 13.1. The highest BCUT2D eigenvalue weighted by Gasteiger charge is 2.11. The van der Waals surface area contributed by atoms with Crippen LogP contribution in [0.5, 0.6) is 0 Å². The molecular formula is C24H20BrN3O4. The average molecular weight is 494 g/mol.